The van der Waals surface area contributed by atoms with Crippen molar-refractivity contribution in [3.05, 3.63) is 29.6 Å². The van der Waals surface area contributed by atoms with Gasteiger partial charge in [-0.2, -0.15) is 0 Å². The summed E-state index contributed by atoms with van der Waals surface area (Å²) in [5.41, 5.74) is -1.59. The molecule has 0 atom stereocenters. The Bertz CT molecular complexity index is 506. The van der Waals surface area contributed by atoms with Gasteiger partial charge in [-0.05, 0) is 13.8 Å². The van der Waals surface area contributed by atoms with Crippen molar-refractivity contribution in [3.63, 3.8) is 0 Å². The van der Waals surface area contributed by atoms with Gasteiger partial charge in [0.25, 0.3) is 0 Å². The smallest absolute Gasteiger partial charge is 0.309 e. The quantitative estimate of drug-likeness (QED) is 0.830. The summed E-state index contributed by atoms with van der Waals surface area (Å²) in [5.74, 6) is -6.43. The molecule has 0 aromatic heterocycles. The van der Waals surface area contributed by atoms with Crippen molar-refractivity contribution in [1.82, 2.24) is 0 Å². The number of carbonyl (C=O) groups is 2. The molecular weight excluding hydrogens is 263 g/mol. The number of halogens is 3. The van der Waals surface area contributed by atoms with Gasteiger partial charge in [0.05, 0.1) is 5.41 Å². The zero-order chi connectivity index (χ0) is 14.8. The molecule has 1 amide bonds. The molecule has 1 aromatic rings. The van der Waals surface area contributed by atoms with E-state index in [4.69, 9.17) is 5.11 Å². The number of anilines is 1. The largest absolute Gasteiger partial charge is 0.481 e. The van der Waals surface area contributed by atoms with Crippen LogP contribution in [0.15, 0.2) is 12.1 Å². The maximum absolute atomic E-state index is 12.9. The third-order valence-corrected chi connectivity index (χ3v) is 2.45. The van der Waals surface area contributed by atoms with Crippen molar-refractivity contribution in [1.29, 1.82) is 0 Å². The van der Waals surface area contributed by atoms with E-state index in [2.05, 4.69) is 5.32 Å². The number of nitrogens with one attached hydrogen (secondary N) is 1. The highest BCUT2D eigenvalue weighted by Crippen LogP contribution is 2.22. The summed E-state index contributed by atoms with van der Waals surface area (Å²) in [6, 6.07) is 1.23. The van der Waals surface area contributed by atoms with E-state index >= 15 is 0 Å². The topological polar surface area (TPSA) is 66.4 Å². The van der Waals surface area contributed by atoms with Crippen molar-refractivity contribution in [2.45, 2.75) is 20.3 Å². The SMILES string of the molecule is CC(C)(CC(=O)Nc1cc(F)c(F)c(F)c1)C(=O)O. The average Bonchev–Trinajstić information content (AvgIpc) is 2.24. The third-order valence-electron chi connectivity index (χ3n) is 2.45. The van der Waals surface area contributed by atoms with Gasteiger partial charge in [-0.15, -0.1) is 0 Å². The number of hydrogen-bond acceptors (Lipinski definition) is 2. The summed E-state index contributed by atoms with van der Waals surface area (Å²) in [6.45, 7) is 2.67. The Kier molecular flexibility index (Phi) is 4.18. The fraction of sp³-hybridized carbons (Fsp3) is 0.333. The second-order valence-corrected chi connectivity index (χ2v) is 4.67. The highest BCUT2D eigenvalue weighted by molar-refractivity contribution is 5.94. The maximum atomic E-state index is 12.9. The van der Waals surface area contributed by atoms with E-state index < -0.39 is 34.7 Å². The number of rotatable bonds is 4. The molecule has 1 rings (SSSR count). The van der Waals surface area contributed by atoms with Crippen LogP contribution in [0.3, 0.4) is 0 Å². The third kappa shape index (κ3) is 3.70. The molecule has 19 heavy (non-hydrogen) atoms. The zero-order valence-corrected chi connectivity index (χ0v) is 10.3. The number of carboxylic acid groups (broad SMARTS) is 1. The van der Waals surface area contributed by atoms with Crippen molar-refractivity contribution in [2.75, 3.05) is 5.32 Å². The first kappa shape index (κ1) is 15.0. The van der Waals surface area contributed by atoms with Gasteiger partial charge in [0, 0.05) is 24.2 Å². The van der Waals surface area contributed by atoms with Crippen molar-refractivity contribution >= 4 is 17.6 Å². The van der Waals surface area contributed by atoms with Crippen LogP contribution in [0, 0.1) is 22.9 Å². The lowest BCUT2D eigenvalue weighted by atomic mass is 9.89. The van der Waals surface area contributed by atoms with Gasteiger partial charge < -0.3 is 10.4 Å². The summed E-state index contributed by atoms with van der Waals surface area (Å²) in [6.07, 6.45) is -0.386. The van der Waals surface area contributed by atoms with E-state index in [1.54, 1.807) is 0 Å². The van der Waals surface area contributed by atoms with Crippen molar-refractivity contribution in [3.8, 4) is 0 Å². The van der Waals surface area contributed by atoms with Gasteiger partial charge in [-0.1, -0.05) is 0 Å². The lowest BCUT2D eigenvalue weighted by molar-refractivity contribution is -0.148. The molecular formula is C12H12F3NO3. The second kappa shape index (κ2) is 5.29. The van der Waals surface area contributed by atoms with Crippen LogP contribution in [-0.4, -0.2) is 17.0 Å². The van der Waals surface area contributed by atoms with Crippen LogP contribution in [0.4, 0.5) is 18.9 Å². The molecule has 0 bridgehead atoms. The molecule has 0 radical (unpaired) electrons. The Morgan fingerprint density at radius 2 is 1.68 bits per heavy atom. The minimum Gasteiger partial charge on any atom is -0.481 e. The summed E-state index contributed by atoms with van der Waals surface area (Å²) in [5, 5.41) is 10.9. The van der Waals surface area contributed by atoms with Gasteiger partial charge in [0.2, 0.25) is 5.91 Å². The normalized spacial score (nSPS) is 11.2. The molecule has 0 aliphatic carbocycles. The molecule has 4 nitrogen and oxygen atoms in total. The summed E-state index contributed by atoms with van der Waals surface area (Å²) < 4.78 is 38.5. The summed E-state index contributed by atoms with van der Waals surface area (Å²) in [7, 11) is 0. The molecule has 1 aromatic carbocycles. The molecule has 0 fully saturated rings. The first-order chi connectivity index (χ1) is 8.63. The van der Waals surface area contributed by atoms with E-state index in [1.165, 1.54) is 13.8 Å². The van der Waals surface area contributed by atoms with Crippen LogP contribution in [0.1, 0.15) is 20.3 Å². The molecule has 0 unspecified atom stereocenters. The Morgan fingerprint density at radius 1 is 1.21 bits per heavy atom. The lowest BCUT2D eigenvalue weighted by Gasteiger charge is -2.18. The summed E-state index contributed by atoms with van der Waals surface area (Å²) in [4.78, 5) is 22.3. The fourth-order valence-corrected chi connectivity index (χ4v) is 1.31. The van der Waals surface area contributed by atoms with Gasteiger partial charge in [-0.25, -0.2) is 13.2 Å². The molecule has 0 aliphatic rings. The Balaban J connectivity index is 2.81. The van der Waals surface area contributed by atoms with E-state index in [0.29, 0.717) is 12.1 Å². The van der Waals surface area contributed by atoms with Crippen LogP contribution < -0.4 is 5.32 Å². The van der Waals surface area contributed by atoms with Crippen LogP contribution >= 0.6 is 0 Å². The van der Waals surface area contributed by atoms with Crippen molar-refractivity contribution in [2.24, 2.45) is 5.41 Å². The first-order valence-corrected chi connectivity index (χ1v) is 5.31. The number of carbonyl (C=O) groups excluding carboxylic acids is 1. The highest BCUT2D eigenvalue weighted by atomic mass is 19.2. The molecule has 0 spiro atoms. The number of aliphatic carboxylic acids is 1. The van der Waals surface area contributed by atoms with E-state index in [-0.39, 0.29) is 12.1 Å². The van der Waals surface area contributed by atoms with Crippen LogP contribution in [0.5, 0.6) is 0 Å². The number of benzene rings is 1. The number of hydrogen-bond donors (Lipinski definition) is 2. The second-order valence-electron chi connectivity index (χ2n) is 4.67. The van der Waals surface area contributed by atoms with E-state index in [1.807, 2.05) is 0 Å². The minimum absolute atomic E-state index is 0.275. The minimum atomic E-state index is -1.64. The van der Waals surface area contributed by atoms with Gasteiger partial charge in [0.1, 0.15) is 0 Å². The molecule has 0 saturated carbocycles. The van der Waals surface area contributed by atoms with Crippen molar-refractivity contribution < 1.29 is 27.9 Å². The molecule has 0 aliphatic heterocycles. The van der Waals surface area contributed by atoms with Crippen LogP contribution in [0.25, 0.3) is 0 Å². The molecule has 104 valence electrons. The molecule has 0 heterocycles. The Labute approximate surface area is 107 Å². The Morgan fingerprint density at radius 3 is 2.11 bits per heavy atom. The monoisotopic (exact) mass is 275 g/mol. The standard InChI is InChI=1S/C12H12F3NO3/c1-12(2,11(18)19)5-9(17)16-6-3-7(13)10(15)8(14)4-6/h3-4H,5H2,1-2H3,(H,16,17)(H,18,19). The first-order valence-electron chi connectivity index (χ1n) is 5.31. The molecule has 2 N–H and O–H groups in total. The van der Waals surface area contributed by atoms with Gasteiger partial charge >= 0.3 is 5.97 Å². The fourth-order valence-electron chi connectivity index (χ4n) is 1.31. The molecule has 0 saturated heterocycles. The lowest BCUT2D eigenvalue weighted by Crippen LogP contribution is -2.29. The predicted molar refractivity (Wildman–Crippen MR) is 61.0 cm³/mol. The number of carboxylic acids is 1. The predicted octanol–water partition coefficient (Wildman–Crippen LogP) is 2.54. The molecule has 7 heteroatoms. The highest BCUT2D eigenvalue weighted by Gasteiger charge is 2.30. The summed E-state index contributed by atoms with van der Waals surface area (Å²) >= 11 is 0. The number of amides is 1. The van der Waals surface area contributed by atoms with E-state index in [9.17, 15) is 22.8 Å². The Hall–Kier alpha value is -2.05. The average molecular weight is 275 g/mol. The van der Waals surface area contributed by atoms with Crippen LogP contribution in [0.2, 0.25) is 0 Å². The van der Waals surface area contributed by atoms with E-state index in [0.717, 1.165) is 0 Å². The van der Waals surface area contributed by atoms with Gasteiger partial charge in [-0.3, -0.25) is 9.59 Å². The van der Waals surface area contributed by atoms with Gasteiger partial charge in [0.15, 0.2) is 17.5 Å². The maximum Gasteiger partial charge on any atom is 0.309 e. The zero-order valence-electron chi connectivity index (χ0n) is 10.3. The van der Waals surface area contributed by atoms with Crippen LogP contribution in [-0.2, 0) is 9.59 Å².